The second-order valence-corrected chi connectivity index (χ2v) is 19.8. The minimum Gasteiger partial charge on any atom is -0.394 e. The van der Waals surface area contributed by atoms with Crippen LogP contribution in [0, 0.1) is 40.4 Å². The summed E-state index contributed by atoms with van der Waals surface area (Å²) in [5, 5.41) is 109. The lowest BCUT2D eigenvalue weighted by atomic mass is 9.46. The molecule has 4 aliphatic carbocycles. The molecule has 7 rings (SSSR count). The first-order valence-corrected chi connectivity index (χ1v) is 22.1. The van der Waals surface area contributed by atoms with E-state index in [1.165, 1.54) is 5.57 Å². The molecule has 344 valence electrons. The molecule has 0 unspecified atom stereocenters. The van der Waals surface area contributed by atoms with E-state index in [2.05, 4.69) is 19.9 Å². The number of fused-ring (bicyclic) bond motifs is 5. The Morgan fingerprint density at radius 3 is 2.20 bits per heavy atom. The first kappa shape index (κ1) is 46.8. The fourth-order valence-electron chi connectivity index (χ4n) is 12.2. The lowest BCUT2D eigenvalue weighted by Gasteiger charge is -2.59. The quantitative estimate of drug-likeness (QED) is 0.110. The van der Waals surface area contributed by atoms with E-state index in [0.717, 1.165) is 25.7 Å². The summed E-state index contributed by atoms with van der Waals surface area (Å²) in [5.74, 6) is -0.136. The van der Waals surface area contributed by atoms with Gasteiger partial charge in [-0.15, -0.1) is 0 Å². The smallest absolute Gasteiger partial charge is 0.187 e. The van der Waals surface area contributed by atoms with Crippen molar-refractivity contribution in [3.63, 3.8) is 0 Å². The molecular formula is C43H70O17. The van der Waals surface area contributed by atoms with Gasteiger partial charge in [0.25, 0.3) is 0 Å². The molecular weight excluding hydrogens is 788 g/mol. The zero-order valence-electron chi connectivity index (χ0n) is 35.4. The van der Waals surface area contributed by atoms with Crippen LogP contribution in [-0.2, 0) is 33.2 Å². The topological polar surface area (TPSA) is 275 Å². The van der Waals surface area contributed by atoms with Crippen LogP contribution < -0.4 is 0 Å². The number of aliphatic hydroxyl groups excluding tert-OH is 9. The van der Waals surface area contributed by atoms with Gasteiger partial charge in [-0.05, 0) is 80.5 Å². The summed E-state index contributed by atoms with van der Waals surface area (Å²) in [6.07, 6.45) is -13.6. The van der Waals surface area contributed by atoms with Gasteiger partial charge in [0, 0.05) is 17.8 Å². The maximum atomic E-state index is 14.0. The standard InChI is InChI=1S/C43H70O17/c1-19(2)6-9-26(46)20(3)43(54)30(15-25-23-8-7-21-14-22(45)10-12-41(21,4)24(23)11-13-42(25,43)5)59-39-36(53)37(27(47)17-55-39)60-38-34(51)32(49)29(18-56-38)58-40-35(52)33(50)31(48)28(16-44)57-40/h7,19-20,22-25,27-40,44-45,47-54H,6,8-18H2,1-5H3/t20-,22+,23-,24+,25+,27+,28-,29-,30+,31-,32+,33+,34-,35-,36-,37+,38+,39+,40+,41+,42+,43-/m1/s1. The van der Waals surface area contributed by atoms with Gasteiger partial charge in [0.05, 0.1) is 32.0 Å². The molecule has 10 N–H and O–H groups in total. The molecule has 3 saturated heterocycles. The van der Waals surface area contributed by atoms with E-state index in [-0.39, 0.29) is 41.7 Å². The number of ether oxygens (including phenoxy) is 6. The van der Waals surface area contributed by atoms with Crippen molar-refractivity contribution in [2.24, 2.45) is 40.4 Å². The van der Waals surface area contributed by atoms with E-state index in [9.17, 15) is 55.9 Å². The SMILES string of the molecule is CC(C)CCC(=O)[C@@H](C)[C@@]1(O)[C@@H](O[C@@H]2OC[C@H](O)[C@H](O[C@@H]3OC[C@@H](O[C@@H]4O[C@H](CO)[C@@H](O)[C@H](O)[C@H]4O)[C@H](O)[C@H]3O)[C@H]2O)C[C@H]2[C@@H]3CC=C4C[C@@H](O)CC[C@]4(C)[C@H]3CC[C@@]21C. The predicted molar refractivity (Wildman–Crippen MR) is 208 cm³/mol. The number of hydrogen-bond donors (Lipinski definition) is 10. The van der Waals surface area contributed by atoms with Crippen molar-refractivity contribution in [3.05, 3.63) is 11.6 Å². The summed E-state index contributed by atoms with van der Waals surface area (Å²) in [4.78, 5) is 14.0. The molecule has 0 aromatic heterocycles. The summed E-state index contributed by atoms with van der Waals surface area (Å²) in [5.41, 5.74) is -1.15. The van der Waals surface area contributed by atoms with E-state index in [4.69, 9.17) is 28.4 Å². The van der Waals surface area contributed by atoms with Crippen molar-refractivity contribution in [1.29, 1.82) is 0 Å². The molecule has 22 atom stereocenters. The zero-order valence-corrected chi connectivity index (χ0v) is 35.4. The second kappa shape index (κ2) is 18.0. The fourth-order valence-corrected chi connectivity index (χ4v) is 12.2. The van der Waals surface area contributed by atoms with Crippen LogP contribution in [0.15, 0.2) is 11.6 Å². The molecule has 0 radical (unpaired) electrons. The Labute approximate surface area is 351 Å². The number of carbonyl (C=O) groups excluding carboxylic acids is 1. The number of ketones is 1. The highest BCUT2D eigenvalue weighted by Gasteiger charge is 2.70. The first-order chi connectivity index (χ1) is 28.3. The number of rotatable bonds is 12. The summed E-state index contributed by atoms with van der Waals surface area (Å²) in [6.45, 7) is 8.75. The van der Waals surface area contributed by atoms with Crippen LogP contribution in [0.2, 0.25) is 0 Å². The normalized spacial score (nSPS) is 51.3. The number of aliphatic hydroxyl groups is 10. The van der Waals surface area contributed by atoms with Gasteiger partial charge in [-0.25, -0.2) is 0 Å². The van der Waals surface area contributed by atoms with Gasteiger partial charge < -0.3 is 79.5 Å². The van der Waals surface area contributed by atoms with Crippen molar-refractivity contribution in [2.45, 2.75) is 190 Å². The predicted octanol–water partition coefficient (Wildman–Crippen LogP) is -0.596. The van der Waals surface area contributed by atoms with Gasteiger partial charge in [0.15, 0.2) is 18.9 Å². The minimum atomic E-state index is -1.82. The van der Waals surface area contributed by atoms with E-state index in [1.54, 1.807) is 6.92 Å². The maximum absolute atomic E-state index is 14.0. The minimum absolute atomic E-state index is 0.0446. The Bertz CT molecular complexity index is 1530. The van der Waals surface area contributed by atoms with Gasteiger partial charge >= 0.3 is 0 Å². The summed E-state index contributed by atoms with van der Waals surface area (Å²) in [6, 6.07) is 0. The lowest BCUT2D eigenvalue weighted by Crippen LogP contribution is -2.64. The number of hydrogen-bond acceptors (Lipinski definition) is 17. The Morgan fingerprint density at radius 2 is 1.50 bits per heavy atom. The highest BCUT2D eigenvalue weighted by Crippen LogP contribution is 2.69. The Morgan fingerprint density at radius 1 is 0.817 bits per heavy atom. The highest BCUT2D eigenvalue weighted by atomic mass is 16.7. The van der Waals surface area contributed by atoms with Crippen molar-refractivity contribution >= 4 is 5.78 Å². The largest absolute Gasteiger partial charge is 0.394 e. The number of allylic oxidation sites excluding steroid dienone is 1. The van der Waals surface area contributed by atoms with Gasteiger partial charge in [0.1, 0.15) is 72.4 Å². The van der Waals surface area contributed by atoms with Crippen LogP contribution in [-0.4, -0.2) is 174 Å². The number of carbonyl (C=O) groups is 1. The molecule has 0 amide bonds. The van der Waals surface area contributed by atoms with Gasteiger partial charge in [-0.1, -0.05) is 46.3 Å². The summed E-state index contributed by atoms with van der Waals surface area (Å²) < 4.78 is 35.1. The van der Waals surface area contributed by atoms with Crippen molar-refractivity contribution in [2.75, 3.05) is 19.8 Å². The second-order valence-electron chi connectivity index (χ2n) is 19.8. The average Bonchev–Trinajstić information content (AvgIpc) is 3.45. The molecule has 3 aliphatic heterocycles. The van der Waals surface area contributed by atoms with Gasteiger partial charge in [0.2, 0.25) is 0 Å². The van der Waals surface area contributed by atoms with E-state index in [1.807, 2.05) is 13.8 Å². The molecule has 6 fully saturated rings. The number of Topliss-reactive ketones (excluding diaryl/α,β-unsaturated/α-hetero) is 1. The Balaban J connectivity index is 1.07. The van der Waals surface area contributed by atoms with Crippen LogP contribution >= 0.6 is 0 Å². The van der Waals surface area contributed by atoms with Crippen LogP contribution in [0.3, 0.4) is 0 Å². The van der Waals surface area contributed by atoms with Crippen LogP contribution in [0.1, 0.15) is 92.4 Å². The Hall–Kier alpha value is -1.23. The molecule has 0 aromatic carbocycles. The van der Waals surface area contributed by atoms with Gasteiger partial charge in [-0.2, -0.15) is 0 Å². The fraction of sp³-hybridized carbons (Fsp3) is 0.930. The molecule has 60 heavy (non-hydrogen) atoms. The third-order valence-corrected chi connectivity index (χ3v) is 16.1. The zero-order chi connectivity index (χ0) is 43.6. The third kappa shape index (κ3) is 8.09. The van der Waals surface area contributed by atoms with Crippen LogP contribution in [0.25, 0.3) is 0 Å². The molecule has 0 spiro atoms. The monoisotopic (exact) mass is 858 g/mol. The molecule has 17 heteroatoms. The molecule has 0 aromatic rings. The molecule has 7 aliphatic rings. The molecule has 17 nitrogen and oxygen atoms in total. The first-order valence-electron chi connectivity index (χ1n) is 22.1. The van der Waals surface area contributed by atoms with Gasteiger partial charge in [-0.3, -0.25) is 4.79 Å². The molecule has 0 bridgehead atoms. The summed E-state index contributed by atoms with van der Waals surface area (Å²) in [7, 11) is 0. The van der Waals surface area contributed by atoms with E-state index >= 15 is 0 Å². The van der Waals surface area contributed by atoms with Crippen LogP contribution in [0.5, 0.6) is 0 Å². The molecule has 3 saturated carbocycles. The van der Waals surface area contributed by atoms with Crippen molar-refractivity contribution in [1.82, 2.24) is 0 Å². The maximum Gasteiger partial charge on any atom is 0.187 e. The van der Waals surface area contributed by atoms with Crippen molar-refractivity contribution in [3.8, 4) is 0 Å². The third-order valence-electron chi connectivity index (χ3n) is 16.1. The van der Waals surface area contributed by atoms with E-state index in [0.29, 0.717) is 38.0 Å². The Kier molecular flexibility index (Phi) is 14.0. The average molecular weight is 859 g/mol. The lowest BCUT2D eigenvalue weighted by molar-refractivity contribution is -0.362. The highest BCUT2D eigenvalue weighted by molar-refractivity contribution is 5.82. The molecule has 3 heterocycles. The van der Waals surface area contributed by atoms with Crippen LogP contribution in [0.4, 0.5) is 0 Å². The summed E-state index contributed by atoms with van der Waals surface area (Å²) >= 11 is 0. The van der Waals surface area contributed by atoms with E-state index < -0.39 is 116 Å². The van der Waals surface area contributed by atoms with Crippen molar-refractivity contribution < 1.29 is 84.3 Å².